The predicted molar refractivity (Wildman–Crippen MR) is 88.6 cm³/mol. The maximum absolute atomic E-state index is 13.7. The number of nitrogens with zero attached hydrogens (tertiary/aromatic N) is 2. The molecule has 132 valence electrons. The van der Waals surface area contributed by atoms with Crippen molar-refractivity contribution in [1.82, 2.24) is 15.4 Å². The first-order chi connectivity index (χ1) is 12.0. The summed E-state index contributed by atoms with van der Waals surface area (Å²) < 4.78 is 18.6. The highest BCUT2D eigenvalue weighted by atomic mass is 19.1. The van der Waals surface area contributed by atoms with Crippen LogP contribution in [0.2, 0.25) is 0 Å². The fraction of sp³-hybridized carbons (Fsp3) is 0.389. The number of likely N-dealkylation sites (tertiary alicyclic amines) is 1. The molecular weight excluding hydrogens is 325 g/mol. The molecule has 1 fully saturated rings. The number of carbonyl (C=O) groups excluding carboxylic acids is 2. The zero-order valence-electron chi connectivity index (χ0n) is 14.0. The van der Waals surface area contributed by atoms with Crippen LogP contribution in [0.4, 0.5) is 4.39 Å². The Kier molecular flexibility index (Phi) is 5.11. The van der Waals surface area contributed by atoms with Crippen LogP contribution in [0, 0.1) is 18.7 Å². The summed E-state index contributed by atoms with van der Waals surface area (Å²) >= 11 is 0. The SMILES string of the molecule is Cc1cc(C(=O)NCC2CCN(C(=O)c3ccccc3F)CC2)no1. The van der Waals surface area contributed by atoms with Crippen LogP contribution in [0.3, 0.4) is 0 Å². The molecular formula is C18H20FN3O3. The largest absolute Gasteiger partial charge is 0.361 e. The number of aryl methyl sites for hydroxylation is 1. The lowest BCUT2D eigenvalue weighted by Crippen LogP contribution is -2.41. The lowest BCUT2D eigenvalue weighted by atomic mass is 9.96. The molecule has 0 saturated carbocycles. The molecule has 0 unspecified atom stereocenters. The topological polar surface area (TPSA) is 75.4 Å². The molecule has 1 aliphatic rings. The van der Waals surface area contributed by atoms with E-state index >= 15 is 0 Å². The van der Waals surface area contributed by atoms with Crippen molar-refractivity contribution in [2.24, 2.45) is 5.92 Å². The highest BCUT2D eigenvalue weighted by molar-refractivity contribution is 5.94. The minimum absolute atomic E-state index is 0.107. The molecule has 1 aromatic carbocycles. The van der Waals surface area contributed by atoms with Crippen LogP contribution in [0.1, 0.15) is 39.4 Å². The Balaban J connectivity index is 1.48. The molecule has 0 aliphatic carbocycles. The molecule has 1 saturated heterocycles. The minimum Gasteiger partial charge on any atom is -0.361 e. The lowest BCUT2D eigenvalue weighted by molar-refractivity contribution is 0.0679. The van der Waals surface area contributed by atoms with Crippen molar-refractivity contribution in [2.75, 3.05) is 19.6 Å². The van der Waals surface area contributed by atoms with Gasteiger partial charge in [0.1, 0.15) is 11.6 Å². The molecule has 3 rings (SSSR count). The van der Waals surface area contributed by atoms with Gasteiger partial charge in [0.15, 0.2) is 5.69 Å². The average Bonchev–Trinajstić information content (AvgIpc) is 3.06. The van der Waals surface area contributed by atoms with Crippen LogP contribution in [-0.2, 0) is 0 Å². The van der Waals surface area contributed by atoms with Crippen molar-refractivity contribution < 1.29 is 18.5 Å². The van der Waals surface area contributed by atoms with E-state index in [0.717, 1.165) is 12.8 Å². The van der Waals surface area contributed by atoms with Gasteiger partial charge in [-0.15, -0.1) is 0 Å². The Morgan fingerprint density at radius 3 is 2.68 bits per heavy atom. The number of nitrogens with one attached hydrogen (secondary N) is 1. The molecule has 0 radical (unpaired) electrons. The zero-order chi connectivity index (χ0) is 17.8. The highest BCUT2D eigenvalue weighted by Crippen LogP contribution is 2.19. The van der Waals surface area contributed by atoms with Gasteiger partial charge in [-0.25, -0.2) is 4.39 Å². The number of hydrogen-bond acceptors (Lipinski definition) is 4. The number of benzene rings is 1. The summed E-state index contributed by atoms with van der Waals surface area (Å²) in [6.07, 6.45) is 1.52. The van der Waals surface area contributed by atoms with E-state index in [1.807, 2.05) is 0 Å². The van der Waals surface area contributed by atoms with Gasteiger partial charge in [0.2, 0.25) is 0 Å². The number of rotatable bonds is 4. The van der Waals surface area contributed by atoms with Gasteiger partial charge in [-0.3, -0.25) is 9.59 Å². The summed E-state index contributed by atoms with van der Waals surface area (Å²) in [4.78, 5) is 26.0. The van der Waals surface area contributed by atoms with Crippen LogP contribution in [0.15, 0.2) is 34.9 Å². The summed E-state index contributed by atoms with van der Waals surface area (Å²) in [5.74, 6) is -0.170. The van der Waals surface area contributed by atoms with Gasteiger partial charge in [0, 0.05) is 25.7 Å². The molecule has 2 aromatic rings. The Bertz CT molecular complexity index is 766. The van der Waals surface area contributed by atoms with Crippen molar-refractivity contribution >= 4 is 11.8 Å². The fourth-order valence-electron chi connectivity index (χ4n) is 2.95. The standard InChI is InChI=1S/C18H20FN3O3/c1-12-10-16(21-25-12)17(23)20-11-13-6-8-22(9-7-13)18(24)14-4-2-3-5-15(14)19/h2-5,10,13H,6-9,11H2,1H3,(H,20,23). The number of aromatic nitrogens is 1. The second-order valence-corrected chi connectivity index (χ2v) is 6.25. The van der Waals surface area contributed by atoms with E-state index in [4.69, 9.17) is 4.52 Å². The van der Waals surface area contributed by atoms with Crippen molar-refractivity contribution in [3.8, 4) is 0 Å². The summed E-state index contributed by atoms with van der Waals surface area (Å²) in [5, 5.41) is 6.52. The minimum atomic E-state index is -0.496. The zero-order valence-corrected chi connectivity index (χ0v) is 14.0. The van der Waals surface area contributed by atoms with Crippen molar-refractivity contribution in [1.29, 1.82) is 0 Å². The molecule has 2 heterocycles. The Hall–Kier alpha value is -2.70. The second-order valence-electron chi connectivity index (χ2n) is 6.25. The highest BCUT2D eigenvalue weighted by Gasteiger charge is 2.25. The molecule has 1 aliphatic heterocycles. The lowest BCUT2D eigenvalue weighted by Gasteiger charge is -2.32. The van der Waals surface area contributed by atoms with E-state index in [-0.39, 0.29) is 29.0 Å². The third kappa shape index (κ3) is 4.04. The van der Waals surface area contributed by atoms with Gasteiger partial charge in [-0.05, 0) is 37.8 Å². The Labute approximate surface area is 145 Å². The number of piperidine rings is 1. The van der Waals surface area contributed by atoms with Crippen molar-refractivity contribution in [3.05, 3.63) is 53.2 Å². The van der Waals surface area contributed by atoms with E-state index in [9.17, 15) is 14.0 Å². The summed E-state index contributed by atoms with van der Waals surface area (Å²) in [7, 11) is 0. The smallest absolute Gasteiger partial charge is 0.273 e. The fourth-order valence-corrected chi connectivity index (χ4v) is 2.95. The number of halogens is 1. The Morgan fingerprint density at radius 2 is 2.04 bits per heavy atom. The van der Waals surface area contributed by atoms with Gasteiger partial charge < -0.3 is 14.7 Å². The van der Waals surface area contributed by atoms with Gasteiger partial charge in [0.05, 0.1) is 5.56 Å². The molecule has 25 heavy (non-hydrogen) atoms. The van der Waals surface area contributed by atoms with E-state index in [2.05, 4.69) is 10.5 Å². The van der Waals surface area contributed by atoms with E-state index in [1.54, 1.807) is 30.0 Å². The molecule has 0 spiro atoms. The first kappa shape index (κ1) is 17.1. The first-order valence-corrected chi connectivity index (χ1v) is 8.30. The van der Waals surface area contributed by atoms with E-state index in [1.165, 1.54) is 12.1 Å². The summed E-state index contributed by atoms with van der Waals surface area (Å²) in [6.45, 7) is 3.35. The number of hydrogen-bond donors (Lipinski definition) is 1. The molecule has 2 amide bonds. The summed E-state index contributed by atoms with van der Waals surface area (Å²) in [5.41, 5.74) is 0.375. The van der Waals surface area contributed by atoms with Crippen LogP contribution >= 0.6 is 0 Å². The van der Waals surface area contributed by atoms with E-state index in [0.29, 0.717) is 25.4 Å². The molecule has 7 heteroatoms. The quantitative estimate of drug-likeness (QED) is 0.923. The molecule has 1 aromatic heterocycles. The molecule has 0 bridgehead atoms. The van der Waals surface area contributed by atoms with Gasteiger partial charge in [-0.2, -0.15) is 0 Å². The van der Waals surface area contributed by atoms with Crippen LogP contribution in [0.5, 0.6) is 0 Å². The third-order valence-electron chi connectivity index (χ3n) is 4.42. The maximum Gasteiger partial charge on any atom is 0.273 e. The van der Waals surface area contributed by atoms with Crippen LogP contribution in [-0.4, -0.2) is 41.5 Å². The normalized spacial score (nSPS) is 15.2. The second kappa shape index (κ2) is 7.46. The summed E-state index contributed by atoms with van der Waals surface area (Å²) in [6, 6.07) is 7.61. The predicted octanol–water partition coefficient (Wildman–Crippen LogP) is 2.40. The van der Waals surface area contributed by atoms with Crippen molar-refractivity contribution in [2.45, 2.75) is 19.8 Å². The Morgan fingerprint density at radius 1 is 1.32 bits per heavy atom. The molecule has 1 N–H and O–H groups in total. The van der Waals surface area contributed by atoms with Crippen molar-refractivity contribution in [3.63, 3.8) is 0 Å². The molecule has 0 atom stereocenters. The monoisotopic (exact) mass is 345 g/mol. The van der Waals surface area contributed by atoms with Gasteiger partial charge >= 0.3 is 0 Å². The van der Waals surface area contributed by atoms with Crippen LogP contribution < -0.4 is 5.32 Å². The van der Waals surface area contributed by atoms with Crippen LogP contribution in [0.25, 0.3) is 0 Å². The number of amides is 2. The third-order valence-corrected chi connectivity index (χ3v) is 4.42. The van der Waals surface area contributed by atoms with Gasteiger partial charge in [-0.1, -0.05) is 17.3 Å². The first-order valence-electron chi connectivity index (χ1n) is 8.30. The average molecular weight is 345 g/mol. The maximum atomic E-state index is 13.7. The molecule has 6 nitrogen and oxygen atoms in total. The van der Waals surface area contributed by atoms with E-state index < -0.39 is 5.82 Å². The van der Waals surface area contributed by atoms with Gasteiger partial charge in [0.25, 0.3) is 11.8 Å². The number of carbonyl (C=O) groups is 2.